The van der Waals surface area contributed by atoms with E-state index in [4.69, 9.17) is 4.74 Å². The first kappa shape index (κ1) is 25.3. The molecule has 0 atom stereocenters. The summed E-state index contributed by atoms with van der Waals surface area (Å²) in [5, 5.41) is 23.1. The number of hydrogen-bond acceptors (Lipinski definition) is 7. The molecule has 3 aromatic rings. The first-order chi connectivity index (χ1) is 16.2. The minimum Gasteiger partial charge on any atom is -0.504 e. The summed E-state index contributed by atoms with van der Waals surface area (Å²) in [5.41, 5.74) is 5.54. The molecule has 0 saturated heterocycles. The number of rotatable bonds is 9. The van der Waals surface area contributed by atoms with Crippen molar-refractivity contribution in [3.8, 4) is 22.9 Å². The summed E-state index contributed by atoms with van der Waals surface area (Å²) in [6, 6.07) is 13.2. The molecule has 0 aliphatic heterocycles. The molecule has 0 radical (unpaired) electrons. The summed E-state index contributed by atoms with van der Waals surface area (Å²) in [6.45, 7) is 11.5. The van der Waals surface area contributed by atoms with Crippen LogP contribution in [0.5, 0.6) is 11.5 Å². The Hall–Kier alpha value is -3.33. The lowest BCUT2D eigenvalue weighted by atomic mass is 9.87. The van der Waals surface area contributed by atoms with E-state index in [-0.39, 0.29) is 22.8 Å². The van der Waals surface area contributed by atoms with E-state index in [2.05, 4.69) is 65.8 Å². The molecular formula is C25H31N5O3S. The van der Waals surface area contributed by atoms with Gasteiger partial charge in [-0.25, -0.2) is 5.43 Å². The molecule has 1 amide bonds. The molecule has 0 saturated carbocycles. The van der Waals surface area contributed by atoms with Crippen molar-refractivity contribution in [2.45, 2.75) is 51.7 Å². The van der Waals surface area contributed by atoms with E-state index in [1.807, 2.05) is 18.4 Å². The van der Waals surface area contributed by atoms with Gasteiger partial charge >= 0.3 is 0 Å². The van der Waals surface area contributed by atoms with Gasteiger partial charge in [0.1, 0.15) is 0 Å². The second-order valence-corrected chi connectivity index (χ2v) is 9.56. The molecule has 0 unspecified atom stereocenters. The van der Waals surface area contributed by atoms with Crippen LogP contribution in [0.4, 0.5) is 0 Å². The number of carbonyl (C=O) groups is 1. The Bertz CT molecular complexity index is 1150. The molecule has 8 nitrogen and oxygen atoms in total. The van der Waals surface area contributed by atoms with Crippen LogP contribution in [0.15, 0.2) is 52.7 Å². The summed E-state index contributed by atoms with van der Waals surface area (Å²) < 4.78 is 7.35. The Balaban J connectivity index is 1.60. The number of hydrogen-bond donors (Lipinski definition) is 2. The summed E-state index contributed by atoms with van der Waals surface area (Å²) in [7, 11) is 0. The molecule has 34 heavy (non-hydrogen) atoms. The molecule has 0 aliphatic rings. The van der Waals surface area contributed by atoms with Crippen LogP contribution in [0.1, 0.15) is 45.7 Å². The third-order valence-corrected chi connectivity index (χ3v) is 6.03. The number of carbonyl (C=O) groups excluding carboxylic acids is 1. The lowest BCUT2D eigenvalue weighted by Crippen LogP contribution is -2.20. The molecule has 0 spiro atoms. The summed E-state index contributed by atoms with van der Waals surface area (Å²) in [6.07, 6.45) is 1.50. The van der Waals surface area contributed by atoms with Crippen LogP contribution in [0.25, 0.3) is 11.4 Å². The monoisotopic (exact) mass is 481 g/mol. The Labute approximate surface area is 204 Å². The Morgan fingerprint density at radius 1 is 1.18 bits per heavy atom. The number of amides is 1. The zero-order valence-electron chi connectivity index (χ0n) is 20.2. The van der Waals surface area contributed by atoms with E-state index in [1.165, 1.54) is 29.6 Å². The van der Waals surface area contributed by atoms with Crippen molar-refractivity contribution >= 4 is 23.9 Å². The van der Waals surface area contributed by atoms with Crippen LogP contribution in [0.3, 0.4) is 0 Å². The molecule has 0 fully saturated rings. The zero-order chi connectivity index (χ0) is 24.7. The topological polar surface area (TPSA) is 102 Å². The summed E-state index contributed by atoms with van der Waals surface area (Å²) in [4.78, 5) is 12.3. The quantitative estimate of drug-likeness (QED) is 0.263. The number of aromatic hydroxyl groups is 1. The lowest BCUT2D eigenvalue weighted by Gasteiger charge is -2.19. The van der Waals surface area contributed by atoms with Crippen LogP contribution >= 0.6 is 11.8 Å². The van der Waals surface area contributed by atoms with E-state index in [1.54, 1.807) is 12.1 Å². The largest absolute Gasteiger partial charge is 0.504 e. The first-order valence-electron chi connectivity index (χ1n) is 11.2. The van der Waals surface area contributed by atoms with E-state index < -0.39 is 0 Å². The molecule has 1 aromatic heterocycles. The number of thioether (sulfide) groups is 1. The second kappa shape index (κ2) is 11.2. The smallest absolute Gasteiger partial charge is 0.250 e. The molecule has 2 N–H and O–H groups in total. The van der Waals surface area contributed by atoms with Gasteiger partial charge in [0.05, 0.1) is 18.6 Å². The van der Waals surface area contributed by atoms with E-state index >= 15 is 0 Å². The lowest BCUT2D eigenvalue weighted by molar-refractivity contribution is -0.118. The standard InChI is InChI=1S/C25H31N5O3S/c1-6-30-23(18-9-11-19(12-10-18)25(3,4)5)28-29-24(30)34-16-22(32)27-26-15-17-8-13-20(31)21(14-17)33-7-2/h8-15,31H,6-7,16H2,1-5H3,(H,27,32)/b26-15-. The van der Waals surface area contributed by atoms with Crippen molar-refractivity contribution in [1.29, 1.82) is 0 Å². The SMILES string of the molecule is CCOc1cc(/C=N\NC(=O)CSc2nnc(-c3ccc(C(C)(C)C)cc3)n2CC)ccc1O. The zero-order valence-corrected chi connectivity index (χ0v) is 21.0. The fourth-order valence-electron chi connectivity index (χ4n) is 3.24. The van der Waals surface area contributed by atoms with Gasteiger partial charge in [-0.2, -0.15) is 5.10 Å². The fraction of sp³-hybridized carbons (Fsp3) is 0.360. The summed E-state index contributed by atoms with van der Waals surface area (Å²) >= 11 is 1.31. The Morgan fingerprint density at radius 3 is 2.56 bits per heavy atom. The van der Waals surface area contributed by atoms with Crippen molar-refractivity contribution < 1.29 is 14.6 Å². The van der Waals surface area contributed by atoms with E-state index in [9.17, 15) is 9.90 Å². The maximum absolute atomic E-state index is 12.3. The maximum Gasteiger partial charge on any atom is 0.250 e. The number of hydrazone groups is 1. The van der Waals surface area contributed by atoms with Crippen molar-refractivity contribution in [2.75, 3.05) is 12.4 Å². The number of nitrogens with one attached hydrogen (secondary N) is 1. The van der Waals surface area contributed by atoms with Crippen LogP contribution in [-0.4, -0.2) is 44.4 Å². The van der Waals surface area contributed by atoms with Crippen molar-refractivity contribution in [1.82, 2.24) is 20.2 Å². The maximum atomic E-state index is 12.3. The third-order valence-electron chi connectivity index (χ3n) is 5.06. The summed E-state index contributed by atoms with van der Waals surface area (Å²) in [5.74, 6) is 1.10. The number of nitrogens with zero attached hydrogens (tertiary/aromatic N) is 4. The van der Waals surface area contributed by atoms with Gasteiger partial charge in [-0.15, -0.1) is 10.2 Å². The number of phenols is 1. The highest BCUT2D eigenvalue weighted by molar-refractivity contribution is 7.99. The average molecular weight is 482 g/mol. The van der Waals surface area contributed by atoms with Gasteiger partial charge in [-0.05, 0) is 48.6 Å². The van der Waals surface area contributed by atoms with Gasteiger partial charge in [0.25, 0.3) is 5.91 Å². The number of benzene rings is 2. The van der Waals surface area contributed by atoms with Gasteiger partial charge < -0.3 is 14.4 Å². The number of aromatic nitrogens is 3. The second-order valence-electron chi connectivity index (χ2n) is 8.62. The number of ether oxygens (including phenoxy) is 1. The molecule has 0 aliphatic carbocycles. The Kier molecular flexibility index (Phi) is 8.33. The van der Waals surface area contributed by atoms with Crippen LogP contribution < -0.4 is 10.2 Å². The third kappa shape index (κ3) is 6.38. The molecule has 1 heterocycles. The normalized spacial score (nSPS) is 11.7. The van der Waals surface area contributed by atoms with Gasteiger partial charge in [0.15, 0.2) is 22.5 Å². The highest BCUT2D eigenvalue weighted by Crippen LogP contribution is 2.28. The van der Waals surface area contributed by atoms with Crippen molar-refractivity contribution in [2.24, 2.45) is 5.10 Å². The van der Waals surface area contributed by atoms with E-state index in [0.717, 1.165) is 11.4 Å². The first-order valence-corrected chi connectivity index (χ1v) is 12.2. The molecule has 3 rings (SSSR count). The average Bonchev–Trinajstić information content (AvgIpc) is 3.22. The van der Waals surface area contributed by atoms with Crippen molar-refractivity contribution in [3.05, 3.63) is 53.6 Å². The minimum absolute atomic E-state index is 0.0592. The van der Waals surface area contributed by atoms with Gasteiger partial charge in [-0.3, -0.25) is 4.79 Å². The van der Waals surface area contributed by atoms with Crippen LogP contribution in [-0.2, 0) is 16.8 Å². The van der Waals surface area contributed by atoms with Crippen molar-refractivity contribution in [3.63, 3.8) is 0 Å². The fourth-order valence-corrected chi connectivity index (χ4v) is 4.03. The number of phenolic OH excluding ortho intramolecular Hbond substituents is 1. The van der Waals surface area contributed by atoms with Gasteiger partial charge in [-0.1, -0.05) is 56.8 Å². The highest BCUT2D eigenvalue weighted by atomic mass is 32.2. The predicted molar refractivity (Wildman–Crippen MR) is 136 cm³/mol. The van der Waals surface area contributed by atoms with Gasteiger partial charge in [0, 0.05) is 12.1 Å². The molecule has 2 aromatic carbocycles. The minimum atomic E-state index is -0.258. The molecule has 9 heteroatoms. The molecule has 0 bridgehead atoms. The van der Waals surface area contributed by atoms with Gasteiger partial charge in [0.2, 0.25) is 0 Å². The predicted octanol–water partition coefficient (Wildman–Crippen LogP) is 4.61. The van der Waals surface area contributed by atoms with Crippen LogP contribution in [0.2, 0.25) is 0 Å². The molecule has 180 valence electrons. The highest BCUT2D eigenvalue weighted by Gasteiger charge is 2.17. The van der Waals surface area contributed by atoms with Crippen LogP contribution in [0, 0.1) is 0 Å². The Morgan fingerprint density at radius 2 is 1.91 bits per heavy atom. The molecular weight excluding hydrogens is 450 g/mol. The van der Waals surface area contributed by atoms with E-state index in [0.29, 0.717) is 29.6 Å².